The predicted octanol–water partition coefficient (Wildman–Crippen LogP) is 2.88. The topological polar surface area (TPSA) is 81.6 Å². The summed E-state index contributed by atoms with van der Waals surface area (Å²) in [5, 5.41) is 0. The van der Waals surface area contributed by atoms with E-state index in [-0.39, 0.29) is 23.7 Å². The summed E-state index contributed by atoms with van der Waals surface area (Å²) < 4.78 is 89.1. The van der Waals surface area contributed by atoms with Gasteiger partial charge in [-0.15, -0.1) is 0 Å². The molecule has 0 N–H and O–H groups in total. The number of ether oxygens (including phenoxy) is 2. The Balaban J connectivity index is 1.76. The highest BCUT2D eigenvalue weighted by atomic mass is 32.2. The number of halogens is 4. The predicted molar refractivity (Wildman–Crippen MR) is 92.4 cm³/mol. The molecule has 0 amide bonds. The lowest BCUT2D eigenvalue weighted by Crippen LogP contribution is -2.44. The van der Waals surface area contributed by atoms with E-state index in [1.807, 2.05) is 0 Å². The Hall–Kier alpha value is -2.47. The standard InChI is InChI=1S/C17H17F4N3O4S/c1-27-14-5-4-12(9-13(14)18)29(25,26)24-8-2-3-11(10-24)28-16-22-7-6-15(23-16)17(19,20)21/h4-7,9,11H,2-3,8,10H2,1H3. The number of rotatable bonds is 5. The lowest BCUT2D eigenvalue weighted by molar-refractivity contribution is -0.141. The molecular weight excluding hydrogens is 418 g/mol. The van der Waals surface area contributed by atoms with Gasteiger partial charge >= 0.3 is 12.2 Å². The zero-order valence-corrected chi connectivity index (χ0v) is 16.0. The fourth-order valence-corrected chi connectivity index (χ4v) is 4.40. The Morgan fingerprint density at radius 3 is 2.66 bits per heavy atom. The summed E-state index contributed by atoms with van der Waals surface area (Å²) in [5.41, 5.74) is -1.16. The average Bonchev–Trinajstić information content (AvgIpc) is 2.67. The monoisotopic (exact) mass is 435 g/mol. The Morgan fingerprint density at radius 2 is 2.00 bits per heavy atom. The van der Waals surface area contributed by atoms with Gasteiger partial charge in [-0.2, -0.15) is 22.5 Å². The van der Waals surface area contributed by atoms with E-state index in [0.717, 1.165) is 16.6 Å². The van der Waals surface area contributed by atoms with Crippen LogP contribution in [0.2, 0.25) is 0 Å². The van der Waals surface area contributed by atoms with E-state index in [9.17, 15) is 26.0 Å². The fraction of sp³-hybridized carbons (Fsp3) is 0.412. The maximum absolute atomic E-state index is 13.9. The number of methoxy groups -OCH3 is 1. The number of hydrogen-bond donors (Lipinski definition) is 0. The van der Waals surface area contributed by atoms with Crippen molar-refractivity contribution in [3.63, 3.8) is 0 Å². The molecule has 1 unspecified atom stereocenters. The van der Waals surface area contributed by atoms with Crippen LogP contribution in [0.5, 0.6) is 11.8 Å². The van der Waals surface area contributed by atoms with Crippen molar-refractivity contribution in [2.24, 2.45) is 0 Å². The molecular formula is C17H17F4N3O4S. The first-order chi connectivity index (χ1) is 13.6. The van der Waals surface area contributed by atoms with Gasteiger partial charge in [-0.05, 0) is 37.1 Å². The van der Waals surface area contributed by atoms with Crippen LogP contribution in [0.15, 0.2) is 35.4 Å². The number of alkyl halides is 3. The van der Waals surface area contributed by atoms with Crippen molar-refractivity contribution in [2.75, 3.05) is 20.2 Å². The summed E-state index contributed by atoms with van der Waals surface area (Å²) in [5.74, 6) is -0.916. The number of piperidine rings is 1. The molecule has 29 heavy (non-hydrogen) atoms. The second-order valence-electron chi connectivity index (χ2n) is 6.26. The maximum atomic E-state index is 13.9. The summed E-state index contributed by atoms with van der Waals surface area (Å²) in [6, 6.07) is 3.51. The third-order valence-electron chi connectivity index (χ3n) is 4.30. The zero-order valence-electron chi connectivity index (χ0n) is 15.2. The average molecular weight is 435 g/mol. The van der Waals surface area contributed by atoms with Gasteiger partial charge in [0.15, 0.2) is 17.3 Å². The van der Waals surface area contributed by atoms with Crippen molar-refractivity contribution in [3.8, 4) is 11.8 Å². The van der Waals surface area contributed by atoms with E-state index < -0.39 is 39.8 Å². The molecule has 1 fully saturated rings. The highest BCUT2D eigenvalue weighted by molar-refractivity contribution is 7.89. The summed E-state index contributed by atoms with van der Waals surface area (Å²) in [6.45, 7) is 0.0366. The van der Waals surface area contributed by atoms with Crippen LogP contribution in [-0.4, -0.2) is 49.0 Å². The molecule has 1 aromatic carbocycles. The number of benzene rings is 1. The third kappa shape index (κ3) is 4.75. The van der Waals surface area contributed by atoms with E-state index in [1.54, 1.807) is 0 Å². The lowest BCUT2D eigenvalue weighted by atomic mass is 10.1. The van der Waals surface area contributed by atoms with Crippen LogP contribution in [0, 0.1) is 5.82 Å². The molecule has 1 aliphatic rings. The summed E-state index contributed by atoms with van der Waals surface area (Å²) in [7, 11) is -2.77. The van der Waals surface area contributed by atoms with Gasteiger partial charge in [0.1, 0.15) is 6.10 Å². The number of aromatic nitrogens is 2. The molecule has 0 aliphatic carbocycles. The van der Waals surface area contributed by atoms with Crippen LogP contribution in [0.1, 0.15) is 18.5 Å². The van der Waals surface area contributed by atoms with Crippen LogP contribution < -0.4 is 9.47 Å². The molecule has 0 spiro atoms. The second kappa shape index (κ2) is 8.11. The molecule has 2 aromatic rings. The molecule has 0 radical (unpaired) electrons. The molecule has 3 rings (SSSR count). The normalized spacial score (nSPS) is 18.4. The third-order valence-corrected chi connectivity index (χ3v) is 6.16. The van der Waals surface area contributed by atoms with Gasteiger partial charge in [0, 0.05) is 12.7 Å². The van der Waals surface area contributed by atoms with Gasteiger partial charge in [-0.1, -0.05) is 0 Å². The summed E-state index contributed by atoms with van der Waals surface area (Å²) in [4.78, 5) is 6.73. The second-order valence-corrected chi connectivity index (χ2v) is 8.20. The molecule has 0 bridgehead atoms. The number of nitrogens with zero attached hydrogens (tertiary/aromatic N) is 3. The van der Waals surface area contributed by atoms with Gasteiger partial charge in [-0.25, -0.2) is 17.8 Å². The smallest absolute Gasteiger partial charge is 0.433 e. The Labute approximate surface area is 164 Å². The van der Waals surface area contributed by atoms with Crippen LogP contribution in [0.3, 0.4) is 0 Å². The summed E-state index contributed by atoms with van der Waals surface area (Å²) in [6.07, 6.45) is -3.67. The SMILES string of the molecule is COc1ccc(S(=O)(=O)N2CCCC(Oc3nccc(C(F)(F)F)n3)C2)cc1F. The van der Waals surface area contributed by atoms with E-state index >= 15 is 0 Å². The zero-order chi connectivity index (χ0) is 21.2. The van der Waals surface area contributed by atoms with Crippen LogP contribution in [0.25, 0.3) is 0 Å². The fourth-order valence-electron chi connectivity index (χ4n) is 2.88. The Morgan fingerprint density at radius 1 is 1.24 bits per heavy atom. The van der Waals surface area contributed by atoms with Crippen molar-refractivity contribution < 1.29 is 35.5 Å². The first-order valence-corrected chi connectivity index (χ1v) is 9.96. The number of hydrogen-bond acceptors (Lipinski definition) is 6. The van der Waals surface area contributed by atoms with E-state index in [4.69, 9.17) is 9.47 Å². The molecule has 0 saturated carbocycles. The molecule has 158 valence electrons. The molecule has 12 heteroatoms. The molecule has 7 nitrogen and oxygen atoms in total. The van der Waals surface area contributed by atoms with Gasteiger partial charge in [0.25, 0.3) is 0 Å². The van der Waals surface area contributed by atoms with Gasteiger partial charge in [-0.3, -0.25) is 0 Å². The lowest BCUT2D eigenvalue weighted by Gasteiger charge is -2.31. The van der Waals surface area contributed by atoms with Crippen molar-refractivity contribution in [2.45, 2.75) is 30.0 Å². The molecule has 1 aliphatic heterocycles. The Bertz CT molecular complexity index is 985. The van der Waals surface area contributed by atoms with E-state index in [0.29, 0.717) is 18.9 Å². The quantitative estimate of drug-likeness (QED) is 0.672. The van der Waals surface area contributed by atoms with Gasteiger partial charge in [0.05, 0.1) is 18.6 Å². The molecule has 1 aromatic heterocycles. The van der Waals surface area contributed by atoms with Crippen LogP contribution in [0.4, 0.5) is 17.6 Å². The highest BCUT2D eigenvalue weighted by Crippen LogP contribution is 2.29. The highest BCUT2D eigenvalue weighted by Gasteiger charge is 2.35. The largest absolute Gasteiger partial charge is 0.494 e. The Kier molecular flexibility index (Phi) is 5.94. The first-order valence-electron chi connectivity index (χ1n) is 8.52. The van der Waals surface area contributed by atoms with Crippen molar-refractivity contribution >= 4 is 10.0 Å². The van der Waals surface area contributed by atoms with Crippen LogP contribution in [-0.2, 0) is 16.2 Å². The van der Waals surface area contributed by atoms with Crippen molar-refractivity contribution in [3.05, 3.63) is 42.0 Å². The number of sulfonamides is 1. The molecule has 1 saturated heterocycles. The minimum atomic E-state index is -4.65. The van der Waals surface area contributed by atoms with Gasteiger partial charge in [0.2, 0.25) is 10.0 Å². The van der Waals surface area contributed by atoms with Crippen molar-refractivity contribution in [1.82, 2.24) is 14.3 Å². The van der Waals surface area contributed by atoms with Crippen molar-refractivity contribution in [1.29, 1.82) is 0 Å². The minimum absolute atomic E-state index is 0.0921. The first kappa shape index (κ1) is 21.2. The van der Waals surface area contributed by atoms with E-state index in [1.165, 1.54) is 19.2 Å². The maximum Gasteiger partial charge on any atom is 0.433 e. The molecule has 2 heterocycles. The summed E-state index contributed by atoms with van der Waals surface area (Å²) >= 11 is 0. The van der Waals surface area contributed by atoms with Gasteiger partial charge < -0.3 is 9.47 Å². The van der Waals surface area contributed by atoms with E-state index in [2.05, 4.69) is 9.97 Å². The molecule has 1 atom stereocenters. The minimum Gasteiger partial charge on any atom is -0.494 e. The van der Waals surface area contributed by atoms with Crippen LogP contribution >= 0.6 is 0 Å².